The van der Waals surface area contributed by atoms with Crippen molar-refractivity contribution in [3.05, 3.63) is 59.7 Å². The molecule has 0 heterocycles. The Bertz CT molecular complexity index is 620. The molecule has 2 aromatic rings. The number of hydrogen-bond donors (Lipinski definition) is 1. The second kappa shape index (κ2) is 7.91. The van der Waals surface area contributed by atoms with Gasteiger partial charge in [0.1, 0.15) is 8.07 Å². The van der Waals surface area contributed by atoms with E-state index in [1.807, 2.05) is 12.1 Å². The third kappa shape index (κ3) is 4.53. The van der Waals surface area contributed by atoms with E-state index in [4.69, 9.17) is 0 Å². The van der Waals surface area contributed by atoms with Crippen LogP contribution in [0.2, 0.25) is 13.1 Å². The standard InChI is InChI=1S/C20H29NOSi/c1-21(2)15-7-8-17-11-13-19(14-12-17)23(3,4)20-10-6-5-9-18(20)16-22/h5-6,9-14,22H,7-8,15-16H2,1-4H3. The van der Waals surface area contributed by atoms with Gasteiger partial charge in [-0.3, -0.25) is 0 Å². The van der Waals surface area contributed by atoms with E-state index in [-0.39, 0.29) is 6.61 Å². The number of hydrogen-bond acceptors (Lipinski definition) is 2. The molecular weight excluding hydrogens is 298 g/mol. The molecule has 23 heavy (non-hydrogen) atoms. The Kier molecular flexibility index (Phi) is 6.16. The summed E-state index contributed by atoms with van der Waals surface area (Å²) in [4.78, 5) is 2.23. The fourth-order valence-electron chi connectivity index (χ4n) is 3.11. The highest BCUT2D eigenvalue weighted by molar-refractivity contribution is 7.00. The van der Waals surface area contributed by atoms with Crippen LogP contribution in [0.3, 0.4) is 0 Å². The molecule has 124 valence electrons. The lowest BCUT2D eigenvalue weighted by Gasteiger charge is -2.26. The topological polar surface area (TPSA) is 23.5 Å². The molecular formula is C20H29NOSi. The molecule has 0 bridgehead atoms. The first-order valence-corrected chi connectivity index (χ1v) is 11.4. The van der Waals surface area contributed by atoms with Crippen LogP contribution in [0.25, 0.3) is 0 Å². The van der Waals surface area contributed by atoms with Gasteiger partial charge in [-0.15, -0.1) is 0 Å². The highest BCUT2D eigenvalue weighted by atomic mass is 28.3. The van der Waals surface area contributed by atoms with Crippen molar-refractivity contribution < 1.29 is 5.11 Å². The number of nitrogens with zero attached hydrogens (tertiary/aromatic N) is 1. The molecule has 0 saturated heterocycles. The SMILES string of the molecule is CN(C)CCCc1ccc([Si](C)(C)c2ccccc2CO)cc1. The maximum atomic E-state index is 9.63. The maximum Gasteiger partial charge on any atom is 0.112 e. The Balaban J connectivity index is 2.17. The normalized spacial score (nSPS) is 11.9. The number of aryl methyl sites for hydroxylation is 1. The van der Waals surface area contributed by atoms with Gasteiger partial charge in [0, 0.05) is 0 Å². The molecule has 0 unspecified atom stereocenters. The molecule has 0 atom stereocenters. The van der Waals surface area contributed by atoms with E-state index in [9.17, 15) is 5.11 Å². The van der Waals surface area contributed by atoms with Crippen LogP contribution in [0.15, 0.2) is 48.5 Å². The summed E-state index contributed by atoms with van der Waals surface area (Å²) in [5.41, 5.74) is 2.48. The minimum Gasteiger partial charge on any atom is -0.392 e. The second-order valence-electron chi connectivity index (χ2n) is 7.04. The Morgan fingerprint density at radius 3 is 2.22 bits per heavy atom. The number of aliphatic hydroxyl groups excluding tert-OH is 1. The lowest BCUT2D eigenvalue weighted by Crippen LogP contribution is -2.54. The number of benzene rings is 2. The summed E-state index contributed by atoms with van der Waals surface area (Å²) in [6.07, 6.45) is 2.33. The van der Waals surface area contributed by atoms with Crippen LogP contribution < -0.4 is 10.4 Å². The molecule has 2 nitrogen and oxygen atoms in total. The van der Waals surface area contributed by atoms with Gasteiger partial charge < -0.3 is 10.0 Å². The molecule has 0 saturated carbocycles. The maximum absolute atomic E-state index is 9.63. The molecule has 0 spiro atoms. The highest BCUT2D eigenvalue weighted by Crippen LogP contribution is 2.11. The van der Waals surface area contributed by atoms with Gasteiger partial charge in [0.25, 0.3) is 0 Å². The third-order valence-electron chi connectivity index (χ3n) is 4.61. The fraction of sp³-hybridized carbons (Fsp3) is 0.400. The van der Waals surface area contributed by atoms with Crippen molar-refractivity contribution in [3.8, 4) is 0 Å². The van der Waals surface area contributed by atoms with Crippen LogP contribution >= 0.6 is 0 Å². The summed E-state index contributed by atoms with van der Waals surface area (Å²) < 4.78 is 0. The van der Waals surface area contributed by atoms with Gasteiger partial charge >= 0.3 is 0 Å². The van der Waals surface area contributed by atoms with Crippen molar-refractivity contribution in [1.29, 1.82) is 0 Å². The van der Waals surface area contributed by atoms with Crippen molar-refractivity contribution in [2.45, 2.75) is 32.5 Å². The summed E-state index contributed by atoms with van der Waals surface area (Å²) in [5, 5.41) is 12.4. The van der Waals surface area contributed by atoms with Gasteiger partial charge in [0.05, 0.1) is 6.61 Å². The molecule has 0 aliphatic heterocycles. The van der Waals surface area contributed by atoms with Crippen LogP contribution in [0.5, 0.6) is 0 Å². The highest BCUT2D eigenvalue weighted by Gasteiger charge is 2.27. The fourth-order valence-corrected chi connectivity index (χ4v) is 5.90. The molecule has 3 heteroatoms. The quantitative estimate of drug-likeness (QED) is 0.790. The summed E-state index contributed by atoms with van der Waals surface area (Å²) in [7, 11) is 2.48. The lowest BCUT2D eigenvalue weighted by atomic mass is 10.1. The Morgan fingerprint density at radius 2 is 1.61 bits per heavy atom. The Morgan fingerprint density at radius 1 is 0.957 bits per heavy atom. The predicted molar refractivity (Wildman–Crippen MR) is 102 cm³/mol. The van der Waals surface area contributed by atoms with Crippen LogP contribution in [0, 0.1) is 0 Å². The van der Waals surface area contributed by atoms with E-state index < -0.39 is 8.07 Å². The van der Waals surface area contributed by atoms with Crippen molar-refractivity contribution in [2.24, 2.45) is 0 Å². The van der Waals surface area contributed by atoms with Crippen LogP contribution in [0.4, 0.5) is 0 Å². The van der Waals surface area contributed by atoms with Crippen molar-refractivity contribution in [1.82, 2.24) is 4.90 Å². The van der Waals surface area contributed by atoms with E-state index in [0.717, 1.165) is 18.5 Å². The zero-order valence-electron chi connectivity index (χ0n) is 14.8. The number of rotatable bonds is 7. The first-order valence-electron chi connectivity index (χ1n) is 8.38. The van der Waals surface area contributed by atoms with E-state index in [0.29, 0.717) is 0 Å². The lowest BCUT2D eigenvalue weighted by molar-refractivity contribution is 0.283. The van der Waals surface area contributed by atoms with Gasteiger partial charge in [0.2, 0.25) is 0 Å². The van der Waals surface area contributed by atoms with Gasteiger partial charge in [-0.25, -0.2) is 0 Å². The average molecular weight is 328 g/mol. The minimum absolute atomic E-state index is 0.120. The summed E-state index contributed by atoms with van der Waals surface area (Å²) >= 11 is 0. The molecule has 0 amide bonds. The van der Waals surface area contributed by atoms with Gasteiger partial charge in [-0.1, -0.05) is 66.8 Å². The molecule has 2 aromatic carbocycles. The second-order valence-corrected chi connectivity index (χ2v) is 11.4. The average Bonchev–Trinajstić information content (AvgIpc) is 2.55. The summed E-state index contributed by atoms with van der Waals surface area (Å²) in [6.45, 7) is 5.98. The Labute approximate surface area is 141 Å². The van der Waals surface area contributed by atoms with E-state index in [2.05, 4.69) is 68.5 Å². The number of aliphatic hydroxyl groups is 1. The van der Waals surface area contributed by atoms with E-state index >= 15 is 0 Å². The summed E-state index contributed by atoms with van der Waals surface area (Å²) in [5.74, 6) is 0. The first-order chi connectivity index (χ1) is 10.9. The van der Waals surface area contributed by atoms with Gasteiger partial charge in [-0.05, 0) is 49.8 Å². The molecule has 1 N–H and O–H groups in total. The largest absolute Gasteiger partial charge is 0.392 e. The van der Waals surface area contributed by atoms with Crippen LogP contribution in [-0.2, 0) is 13.0 Å². The van der Waals surface area contributed by atoms with Crippen molar-refractivity contribution >= 4 is 18.4 Å². The zero-order chi connectivity index (χ0) is 16.9. The van der Waals surface area contributed by atoms with E-state index in [1.165, 1.54) is 22.4 Å². The minimum atomic E-state index is -1.76. The third-order valence-corrected chi connectivity index (χ3v) is 8.22. The predicted octanol–water partition coefficient (Wildman–Crippen LogP) is 2.50. The van der Waals surface area contributed by atoms with E-state index in [1.54, 1.807) is 0 Å². The first kappa shape index (κ1) is 17.9. The van der Waals surface area contributed by atoms with Crippen molar-refractivity contribution in [3.63, 3.8) is 0 Å². The van der Waals surface area contributed by atoms with Crippen LogP contribution in [-0.4, -0.2) is 38.7 Å². The molecule has 0 fully saturated rings. The Hall–Kier alpha value is -1.42. The van der Waals surface area contributed by atoms with Crippen LogP contribution in [0.1, 0.15) is 17.5 Å². The van der Waals surface area contributed by atoms with Gasteiger partial charge in [0.15, 0.2) is 0 Å². The molecule has 0 radical (unpaired) electrons. The summed E-state index contributed by atoms with van der Waals surface area (Å²) in [6, 6.07) is 17.5. The van der Waals surface area contributed by atoms with Crippen molar-refractivity contribution in [2.75, 3.05) is 20.6 Å². The van der Waals surface area contributed by atoms with Gasteiger partial charge in [-0.2, -0.15) is 0 Å². The molecule has 0 aromatic heterocycles. The molecule has 2 rings (SSSR count). The molecule has 0 aliphatic rings. The smallest absolute Gasteiger partial charge is 0.112 e. The monoisotopic (exact) mass is 327 g/mol. The molecule has 0 aliphatic carbocycles. The zero-order valence-corrected chi connectivity index (χ0v) is 15.8.